The highest BCUT2D eigenvalue weighted by molar-refractivity contribution is 7.55. The van der Waals surface area contributed by atoms with Crippen molar-refractivity contribution in [2.75, 3.05) is 19.9 Å². The van der Waals surface area contributed by atoms with Crippen LogP contribution in [0.4, 0.5) is 0 Å². The minimum Gasteiger partial charge on any atom is -0.382 e. The minimum atomic E-state index is -3.25. The van der Waals surface area contributed by atoms with Crippen molar-refractivity contribution in [1.82, 2.24) is 5.09 Å². The molecule has 0 aromatic heterocycles. The van der Waals surface area contributed by atoms with Gasteiger partial charge in [0.05, 0.1) is 12.7 Å². The molecule has 86 valence electrons. The van der Waals surface area contributed by atoms with E-state index in [1.54, 1.807) is 14.0 Å². The third-order valence-electron chi connectivity index (χ3n) is 2.41. The fourth-order valence-corrected chi connectivity index (χ4v) is 2.56. The summed E-state index contributed by atoms with van der Waals surface area (Å²) in [6, 6.07) is -0.602. The minimum absolute atomic E-state index is 0.193. The summed E-state index contributed by atoms with van der Waals surface area (Å²) in [5.74, 6) is 0. The molecule has 0 aliphatic carbocycles. The molecule has 15 heavy (non-hydrogen) atoms. The van der Waals surface area contributed by atoms with E-state index in [1.165, 1.54) is 0 Å². The van der Waals surface area contributed by atoms with Crippen LogP contribution >= 0.6 is 7.52 Å². The van der Waals surface area contributed by atoms with E-state index in [1.807, 2.05) is 0 Å². The van der Waals surface area contributed by atoms with E-state index >= 15 is 0 Å². The quantitative estimate of drug-likeness (QED) is 0.519. The molecular weight excluding hydrogens is 216 g/mol. The Balaban J connectivity index is 2.55. The number of hydrogen-bond donors (Lipinski definition) is 2. The van der Waals surface area contributed by atoms with E-state index in [-0.39, 0.29) is 24.3 Å². The van der Waals surface area contributed by atoms with Crippen LogP contribution in [0.2, 0.25) is 0 Å². The average Bonchev–Trinajstić information content (AvgIpc) is 2.47. The van der Waals surface area contributed by atoms with Gasteiger partial charge in [0.25, 0.3) is 7.52 Å². The molecule has 5 nitrogen and oxygen atoms in total. The summed E-state index contributed by atoms with van der Waals surface area (Å²) in [5.41, 5.74) is 0. The van der Waals surface area contributed by atoms with E-state index in [4.69, 9.17) is 17.3 Å². The van der Waals surface area contributed by atoms with Crippen LogP contribution in [0, 0.1) is 0 Å². The Labute approximate surface area is 91.4 Å². The van der Waals surface area contributed by atoms with E-state index in [0.717, 1.165) is 0 Å². The summed E-state index contributed by atoms with van der Waals surface area (Å²) in [5, 5.41) is 2.70. The van der Waals surface area contributed by atoms with Crippen molar-refractivity contribution < 1.29 is 18.9 Å². The molecule has 0 aromatic rings. The Bertz CT molecular complexity index is 253. The van der Waals surface area contributed by atoms with Gasteiger partial charge in [-0.3, -0.25) is 4.57 Å². The average molecular weight is 233 g/mol. The van der Waals surface area contributed by atoms with Crippen LogP contribution < -0.4 is 5.09 Å². The number of hydrogen-bond acceptors (Lipinski definition) is 3. The number of ether oxygens (including phenoxy) is 2. The van der Waals surface area contributed by atoms with Gasteiger partial charge >= 0.3 is 0 Å². The molecule has 1 rings (SSSR count). The molecule has 1 heterocycles. The largest absolute Gasteiger partial charge is 0.382 e. The van der Waals surface area contributed by atoms with Gasteiger partial charge in [0.2, 0.25) is 0 Å². The summed E-state index contributed by atoms with van der Waals surface area (Å²) in [6.07, 6.45) is 0.467. The van der Waals surface area contributed by atoms with Crippen LogP contribution in [-0.4, -0.2) is 50.8 Å². The van der Waals surface area contributed by atoms with Crippen molar-refractivity contribution in [3.63, 3.8) is 0 Å². The van der Waals surface area contributed by atoms with Gasteiger partial charge in [0.1, 0.15) is 7.85 Å². The fourth-order valence-electron chi connectivity index (χ4n) is 1.58. The molecule has 2 radical (unpaired) electrons. The van der Waals surface area contributed by atoms with Crippen molar-refractivity contribution >= 4 is 15.4 Å². The van der Waals surface area contributed by atoms with Gasteiger partial charge in [-0.05, 0) is 6.42 Å². The van der Waals surface area contributed by atoms with E-state index in [0.29, 0.717) is 13.0 Å². The van der Waals surface area contributed by atoms with Crippen molar-refractivity contribution in [3.8, 4) is 0 Å². The monoisotopic (exact) mass is 233 g/mol. The molecule has 1 saturated heterocycles. The topological polar surface area (TPSA) is 67.8 Å². The zero-order valence-corrected chi connectivity index (χ0v) is 9.94. The maximum Gasteiger partial charge on any atom is 0.267 e. The third kappa shape index (κ3) is 3.89. The summed E-state index contributed by atoms with van der Waals surface area (Å²) < 4.78 is 21.8. The fraction of sp³-hybridized carbons (Fsp3) is 1.00. The SMILES string of the molecule is [B][C@H]1C[C@@H](NP(=O)(O)CC)[C@@H](COC)O1. The number of methoxy groups -OCH3 is 1. The smallest absolute Gasteiger partial charge is 0.267 e. The Kier molecular flexibility index (Phi) is 4.80. The lowest BCUT2D eigenvalue weighted by Gasteiger charge is -2.21. The molecule has 7 heteroatoms. The third-order valence-corrected chi connectivity index (χ3v) is 4.00. The first-order valence-electron chi connectivity index (χ1n) is 4.98. The Hall–Kier alpha value is 0.135. The van der Waals surface area contributed by atoms with Crippen LogP contribution in [-0.2, 0) is 14.0 Å². The zero-order valence-electron chi connectivity index (χ0n) is 9.05. The van der Waals surface area contributed by atoms with Crippen molar-refractivity contribution in [2.45, 2.75) is 31.5 Å². The summed E-state index contributed by atoms with van der Waals surface area (Å²) in [4.78, 5) is 9.46. The zero-order chi connectivity index (χ0) is 11.5. The van der Waals surface area contributed by atoms with Gasteiger partial charge < -0.3 is 14.4 Å². The molecule has 2 N–H and O–H groups in total. The number of nitrogens with one attached hydrogen (secondary N) is 1. The van der Waals surface area contributed by atoms with E-state index in [9.17, 15) is 9.46 Å². The normalized spacial score (nSPS) is 35.3. The molecule has 0 amide bonds. The summed E-state index contributed by atoms with van der Waals surface area (Å²) >= 11 is 0. The summed E-state index contributed by atoms with van der Waals surface area (Å²) in [6.45, 7) is 2.03. The molecule has 1 aliphatic heterocycles. The lowest BCUT2D eigenvalue weighted by Crippen LogP contribution is -2.37. The van der Waals surface area contributed by atoms with Gasteiger partial charge in [0.15, 0.2) is 0 Å². The molecular formula is C8H17BNO4P. The van der Waals surface area contributed by atoms with Crippen LogP contribution in [0.3, 0.4) is 0 Å². The highest BCUT2D eigenvalue weighted by Crippen LogP contribution is 2.37. The lowest BCUT2D eigenvalue weighted by molar-refractivity contribution is 0.0181. The maximum absolute atomic E-state index is 11.5. The Morgan fingerprint density at radius 1 is 1.73 bits per heavy atom. The van der Waals surface area contributed by atoms with Gasteiger partial charge in [-0.1, -0.05) is 6.92 Å². The lowest BCUT2D eigenvalue weighted by atomic mass is 9.95. The standard InChI is InChI=1S/C8H17BNO4P/c1-3-15(11,12)10-6-4-8(9)14-7(6)5-13-2/h6-8H,3-5H2,1-2H3,(H2,10,11,12)/t6-,7-,8-/m1/s1. The van der Waals surface area contributed by atoms with Gasteiger partial charge in [-0.25, -0.2) is 5.09 Å². The molecule has 1 aliphatic rings. The van der Waals surface area contributed by atoms with Crippen molar-refractivity contribution in [1.29, 1.82) is 0 Å². The highest BCUT2D eigenvalue weighted by Gasteiger charge is 2.35. The van der Waals surface area contributed by atoms with E-state index in [2.05, 4.69) is 5.09 Å². The van der Waals surface area contributed by atoms with Gasteiger partial charge in [0, 0.05) is 25.3 Å². The van der Waals surface area contributed by atoms with Crippen molar-refractivity contribution in [2.24, 2.45) is 0 Å². The molecule has 0 aromatic carbocycles. The maximum atomic E-state index is 11.5. The second-order valence-corrected chi connectivity index (χ2v) is 5.95. The highest BCUT2D eigenvalue weighted by atomic mass is 31.2. The van der Waals surface area contributed by atoms with Gasteiger partial charge in [-0.15, -0.1) is 0 Å². The van der Waals surface area contributed by atoms with Gasteiger partial charge in [-0.2, -0.15) is 0 Å². The second-order valence-electron chi connectivity index (χ2n) is 3.66. The van der Waals surface area contributed by atoms with Crippen LogP contribution in [0.1, 0.15) is 13.3 Å². The van der Waals surface area contributed by atoms with E-state index < -0.39 is 7.52 Å². The van der Waals surface area contributed by atoms with Crippen LogP contribution in [0.5, 0.6) is 0 Å². The number of rotatable bonds is 5. The molecule has 0 saturated carbocycles. The van der Waals surface area contributed by atoms with Crippen molar-refractivity contribution in [3.05, 3.63) is 0 Å². The molecule has 4 atom stereocenters. The molecule has 1 unspecified atom stereocenters. The Morgan fingerprint density at radius 2 is 2.40 bits per heavy atom. The first-order chi connectivity index (χ1) is 6.98. The van der Waals surface area contributed by atoms with Crippen LogP contribution in [0.15, 0.2) is 0 Å². The first kappa shape index (κ1) is 13.2. The predicted octanol–water partition coefficient (Wildman–Crippen LogP) is 0.0798. The Morgan fingerprint density at radius 3 is 2.93 bits per heavy atom. The second kappa shape index (κ2) is 5.46. The predicted molar refractivity (Wildman–Crippen MR) is 58.2 cm³/mol. The van der Waals surface area contributed by atoms with Crippen LogP contribution in [0.25, 0.3) is 0 Å². The molecule has 1 fully saturated rings. The molecule has 0 spiro atoms. The first-order valence-corrected chi connectivity index (χ1v) is 6.82. The summed E-state index contributed by atoms with van der Waals surface area (Å²) in [7, 11) is 3.92. The molecule has 0 bridgehead atoms.